The van der Waals surface area contributed by atoms with E-state index in [1.54, 1.807) is 0 Å². The average Bonchev–Trinajstić information content (AvgIpc) is 2.25. The number of amides is 1. The van der Waals surface area contributed by atoms with Gasteiger partial charge in [-0.25, -0.2) is 4.79 Å². The maximum absolute atomic E-state index is 11.4. The lowest BCUT2D eigenvalue weighted by Gasteiger charge is -2.14. The third-order valence-electron chi connectivity index (χ3n) is 1.99. The van der Waals surface area contributed by atoms with Crippen molar-refractivity contribution in [2.75, 3.05) is 27.4 Å². The first kappa shape index (κ1) is 14.8. The van der Waals surface area contributed by atoms with Crippen LogP contribution in [0, 0.1) is 0 Å². The number of nitrogens with two attached hydrogens (primary N) is 1. The standard InChI is InChI=1S/C9H18N2O5/c1-15-4-3-6(10)8(12)11-5-7(16-2)9(13)14/h6-7H,3-5,10H2,1-2H3,(H,11,12)(H,13,14). The molecule has 2 unspecified atom stereocenters. The number of carbonyl (C=O) groups excluding carboxylic acids is 1. The number of rotatable bonds is 8. The van der Waals surface area contributed by atoms with Gasteiger partial charge < -0.3 is 25.6 Å². The maximum atomic E-state index is 11.4. The van der Waals surface area contributed by atoms with E-state index in [-0.39, 0.29) is 6.54 Å². The zero-order chi connectivity index (χ0) is 12.6. The van der Waals surface area contributed by atoms with Crippen LogP contribution in [0.4, 0.5) is 0 Å². The van der Waals surface area contributed by atoms with Crippen molar-refractivity contribution in [3.63, 3.8) is 0 Å². The molecule has 7 heteroatoms. The third-order valence-corrected chi connectivity index (χ3v) is 1.99. The summed E-state index contributed by atoms with van der Waals surface area (Å²) in [5.74, 6) is -1.55. The summed E-state index contributed by atoms with van der Waals surface area (Å²) in [6, 6.07) is -0.703. The van der Waals surface area contributed by atoms with Gasteiger partial charge >= 0.3 is 5.97 Å². The molecule has 0 fully saturated rings. The molecular formula is C9H18N2O5. The molecule has 0 aromatic rings. The molecular weight excluding hydrogens is 216 g/mol. The summed E-state index contributed by atoms with van der Waals surface area (Å²) in [5, 5.41) is 11.0. The predicted octanol–water partition coefficient (Wildman–Crippen LogP) is -1.43. The van der Waals surface area contributed by atoms with Gasteiger partial charge in [0.15, 0.2) is 6.10 Å². The fraction of sp³-hybridized carbons (Fsp3) is 0.778. The predicted molar refractivity (Wildman–Crippen MR) is 55.9 cm³/mol. The van der Waals surface area contributed by atoms with Crippen LogP contribution in [-0.2, 0) is 19.1 Å². The van der Waals surface area contributed by atoms with E-state index in [1.807, 2.05) is 0 Å². The van der Waals surface area contributed by atoms with Gasteiger partial charge in [-0.15, -0.1) is 0 Å². The molecule has 0 saturated heterocycles. The molecule has 94 valence electrons. The summed E-state index contributed by atoms with van der Waals surface area (Å²) in [7, 11) is 2.77. The highest BCUT2D eigenvalue weighted by atomic mass is 16.5. The second-order valence-electron chi connectivity index (χ2n) is 3.20. The van der Waals surface area contributed by atoms with Gasteiger partial charge in [0, 0.05) is 20.8 Å². The molecule has 1 amide bonds. The smallest absolute Gasteiger partial charge is 0.334 e. The Kier molecular flexibility index (Phi) is 7.44. The molecule has 16 heavy (non-hydrogen) atoms. The molecule has 0 aliphatic heterocycles. The molecule has 0 aromatic carbocycles. The summed E-state index contributed by atoms with van der Waals surface area (Å²) in [5.41, 5.74) is 5.53. The van der Waals surface area contributed by atoms with Gasteiger partial charge in [-0.2, -0.15) is 0 Å². The van der Waals surface area contributed by atoms with Crippen LogP contribution in [-0.4, -0.2) is 56.5 Å². The summed E-state index contributed by atoms with van der Waals surface area (Å²) < 4.78 is 9.41. The maximum Gasteiger partial charge on any atom is 0.334 e. The molecule has 0 rings (SSSR count). The normalized spacial score (nSPS) is 14.2. The van der Waals surface area contributed by atoms with Gasteiger partial charge in [-0.3, -0.25) is 4.79 Å². The van der Waals surface area contributed by atoms with Crippen molar-refractivity contribution in [2.45, 2.75) is 18.6 Å². The molecule has 0 aliphatic carbocycles. The van der Waals surface area contributed by atoms with Crippen LogP contribution in [0.15, 0.2) is 0 Å². The minimum Gasteiger partial charge on any atom is -0.479 e. The fourth-order valence-electron chi connectivity index (χ4n) is 0.972. The number of hydrogen-bond acceptors (Lipinski definition) is 5. The van der Waals surface area contributed by atoms with Crippen molar-refractivity contribution < 1.29 is 24.2 Å². The number of carboxylic acid groups (broad SMARTS) is 1. The summed E-state index contributed by atoms with van der Waals surface area (Å²) >= 11 is 0. The quantitative estimate of drug-likeness (QED) is 0.474. The number of hydrogen-bond donors (Lipinski definition) is 3. The van der Waals surface area contributed by atoms with E-state index in [9.17, 15) is 9.59 Å². The van der Waals surface area contributed by atoms with Crippen molar-refractivity contribution in [3.8, 4) is 0 Å². The van der Waals surface area contributed by atoms with Crippen molar-refractivity contribution >= 4 is 11.9 Å². The zero-order valence-corrected chi connectivity index (χ0v) is 9.43. The van der Waals surface area contributed by atoms with Crippen LogP contribution in [0.2, 0.25) is 0 Å². The van der Waals surface area contributed by atoms with E-state index < -0.39 is 24.0 Å². The number of aliphatic carboxylic acids is 1. The lowest BCUT2D eigenvalue weighted by molar-refractivity contribution is -0.148. The summed E-state index contributed by atoms with van der Waals surface area (Å²) in [6.07, 6.45) is -0.675. The largest absolute Gasteiger partial charge is 0.479 e. The van der Waals surface area contributed by atoms with E-state index in [0.29, 0.717) is 13.0 Å². The molecule has 7 nitrogen and oxygen atoms in total. The number of nitrogens with one attached hydrogen (secondary N) is 1. The molecule has 0 aliphatic rings. The Bertz CT molecular complexity index is 234. The van der Waals surface area contributed by atoms with Gasteiger partial charge in [0.05, 0.1) is 12.6 Å². The van der Waals surface area contributed by atoms with E-state index in [4.69, 9.17) is 15.6 Å². The molecule has 0 bridgehead atoms. The Morgan fingerprint density at radius 1 is 1.44 bits per heavy atom. The molecule has 2 atom stereocenters. The van der Waals surface area contributed by atoms with Crippen molar-refractivity contribution in [2.24, 2.45) is 5.73 Å². The minimum absolute atomic E-state index is 0.106. The Morgan fingerprint density at radius 2 is 2.06 bits per heavy atom. The Morgan fingerprint density at radius 3 is 2.50 bits per heavy atom. The minimum atomic E-state index is -1.13. The van der Waals surface area contributed by atoms with E-state index in [0.717, 1.165) is 0 Å². The highest BCUT2D eigenvalue weighted by Crippen LogP contribution is 1.91. The van der Waals surface area contributed by atoms with Crippen LogP contribution < -0.4 is 11.1 Å². The van der Waals surface area contributed by atoms with Gasteiger partial charge in [0.2, 0.25) is 5.91 Å². The number of carbonyl (C=O) groups is 2. The number of ether oxygens (including phenoxy) is 2. The second kappa shape index (κ2) is 8.03. The monoisotopic (exact) mass is 234 g/mol. The molecule has 0 radical (unpaired) electrons. The first-order valence-corrected chi connectivity index (χ1v) is 4.80. The van der Waals surface area contributed by atoms with Gasteiger partial charge in [0.1, 0.15) is 0 Å². The molecule has 0 heterocycles. The third kappa shape index (κ3) is 5.64. The van der Waals surface area contributed by atoms with Crippen LogP contribution in [0.1, 0.15) is 6.42 Å². The van der Waals surface area contributed by atoms with E-state index >= 15 is 0 Å². The average molecular weight is 234 g/mol. The summed E-state index contributed by atoms with van der Waals surface area (Å²) in [4.78, 5) is 21.9. The van der Waals surface area contributed by atoms with Crippen LogP contribution >= 0.6 is 0 Å². The lowest BCUT2D eigenvalue weighted by atomic mass is 10.2. The Labute approximate surface area is 93.9 Å². The lowest BCUT2D eigenvalue weighted by Crippen LogP contribution is -2.45. The first-order chi connectivity index (χ1) is 7.52. The Balaban J connectivity index is 3.91. The van der Waals surface area contributed by atoms with E-state index in [1.165, 1.54) is 14.2 Å². The molecule has 0 saturated carbocycles. The van der Waals surface area contributed by atoms with Crippen molar-refractivity contribution in [3.05, 3.63) is 0 Å². The van der Waals surface area contributed by atoms with Crippen LogP contribution in [0.3, 0.4) is 0 Å². The SMILES string of the molecule is COCCC(N)C(=O)NCC(OC)C(=O)O. The number of methoxy groups -OCH3 is 2. The number of carboxylic acids is 1. The zero-order valence-electron chi connectivity index (χ0n) is 9.43. The first-order valence-electron chi connectivity index (χ1n) is 4.80. The van der Waals surface area contributed by atoms with Gasteiger partial charge in [-0.1, -0.05) is 0 Å². The fourth-order valence-corrected chi connectivity index (χ4v) is 0.972. The van der Waals surface area contributed by atoms with Crippen LogP contribution in [0.5, 0.6) is 0 Å². The molecule has 0 spiro atoms. The highest BCUT2D eigenvalue weighted by molar-refractivity contribution is 5.82. The Hall–Kier alpha value is -1.18. The van der Waals surface area contributed by atoms with Crippen molar-refractivity contribution in [1.29, 1.82) is 0 Å². The van der Waals surface area contributed by atoms with Crippen molar-refractivity contribution in [1.82, 2.24) is 5.32 Å². The topological polar surface area (TPSA) is 111 Å². The van der Waals surface area contributed by atoms with Crippen LogP contribution in [0.25, 0.3) is 0 Å². The summed E-state index contributed by atoms with van der Waals surface area (Å²) in [6.45, 7) is 0.270. The highest BCUT2D eigenvalue weighted by Gasteiger charge is 2.19. The second-order valence-corrected chi connectivity index (χ2v) is 3.20. The van der Waals surface area contributed by atoms with E-state index in [2.05, 4.69) is 10.1 Å². The molecule has 4 N–H and O–H groups in total. The molecule has 0 aromatic heterocycles. The van der Waals surface area contributed by atoms with Gasteiger partial charge in [-0.05, 0) is 6.42 Å². The van der Waals surface area contributed by atoms with Gasteiger partial charge in [0.25, 0.3) is 0 Å².